The molecule has 0 aliphatic heterocycles. The molecule has 0 aliphatic rings. The lowest BCUT2D eigenvalue weighted by Gasteiger charge is -2.27. The molecule has 1 rings (SSSR count). The molecule has 1 aromatic heterocycles. The minimum Gasteiger partial charge on any atom is -0.396 e. The van der Waals surface area contributed by atoms with Crippen molar-refractivity contribution in [2.24, 2.45) is 0 Å². The minimum absolute atomic E-state index is 0.0320. The van der Waals surface area contributed by atoms with E-state index in [1.54, 1.807) is 25.4 Å². The molecule has 0 fully saturated rings. The van der Waals surface area contributed by atoms with Crippen LogP contribution in [0, 0.1) is 0 Å². The summed E-state index contributed by atoms with van der Waals surface area (Å²) in [5.74, 6) is 0. The first-order chi connectivity index (χ1) is 8.29. The largest absolute Gasteiger partial charge is 0.396 e. The highest BCUT2D eigenvalue weighted by atomic mass is 32.2. The van der Waals surface area contributed by atoms with Gasteiger partial charge in [0.1, 0.15) is 5.01 Å². The van der Waals surface area contributed by atoms with Gasteiger partial charge in [-0.3, -0.25) is 0 Å². The van der Waals surface area contributed by atoms with Crippen LogP contribution in [0.4, 0.5) is 0 Å². The summed E-state index contributed by atoms with van der Waals surface area (Å²) in [6.45, 7) is 3.78. The summed E-state index contributed by atoms with van der Waals surface area (Å²) in [5, 5.41) is 11.2. The number of hydrogen-bond acceptors (Lipinski definition) is 5. The maximum Gasteiger partial charge on any atom is 0.280 e. The van der Waals surface area contributed by atoms with Crippen LogP contribution >= 0.6 is 11.3 Å². The number of hydrogen-bond donors (Lipinski definition) is 2. The molecule has 0 spiro atoms. The van der Waals surface area contributed by atoms with Gasteiger partial charge in [-0.25, -0.2) is 4.98 Å². The van der Waals surface area contributed by atoms with Gasteiger partial charge >= 0.3 is 0 Å². The predicted octanol–water partition coefficient (Wildman–Crippen LogP) is 0.527. The molecule has 0 atom stereocenters. The van der Waals surface area contributed by atoms with Crippen molar-refractivity contribution in [2.45, 2.75) is 25.8 Å². The summed E-state index contributed by atoms with van der Waals surface area (Å²) < 4.78 is 27.9. The molecule has 0 saturated carbocycles. The Bertz CT molecular complexity index is 457. The van der Waals surface area contributed by atoms with Gasteiger partial charge < -0.3 is 5.11 Å². The summed E-state index contributed by atoms with van der Waals surface area (Å²) in [5.41, 5.74) is -0.750. The van der Waals surface area contributed by atoms with E-state index in [4.69, 9.17) is 5.11 Å². The van der Waals surface area contributed by atoms with Gasteiger partial charge in [-0.05, 0) is 20.3 Å². The standard InChI is InChI=1S/C10H19N3O3S2/c1-10(2,9-11-5-8-17-9)12-18(15,16)13(3)6-4-7-14/h5,8,12,14H,4,6-7H2,1-3H3. The van der Waals surface area contributed by atoms with E-state index in [1.807, 2.05) is 0 Å². The second kappa shape index (κ2) is 6.07. The first-order valence-corrected chi connectivity index (χ1v) is 7.87. The average molecular weight is 293 g/mol. The van der Waals surface area contributed by atoms with Gasteiger partial charge in [0, 0.05) is 31.8 Å². The molecule has 0 aliphatic carbocycles. The van der Waals surface area contributed by atoms with E-state index in [2.05, 4.69) is 9.71 Å². The zero-order chi connectivity index (χ0) is 13.8. The summed E-state index contributed by atoms with van der Waals surface area (Å²) >= 11 is 1.40. The minimum atomic E-state index is -3.58. The van der Waals surface area contributed by atoms with Gasteiger partial charge in [-0.2, -0.15) is 17.4 Å². The fourth-order valence-corrected chi connectivity index (χ4v) is 3.44. The third kappa shape index (κ3) is 3.99. The molecule has 0 aromatic carbocycles. The van der Waals surface area contributed by atoms with Crippen LogP contribution in [0.2, 0.25) is 0 Å². The first kappa shape index (κ1) is 15.5. The fourth-order valence-electron chi connectivity index (χ4n) is 1.39. The van der Waals surface area contributed by atoms with E-state index in [1.165, 1.54) is 22.7 Å². The molecule has 1 aromatic rings. The molecular formula is C10H19N3O3S2. The quantitative estimate of drug-likeness (QED) is 0.768. The molecule has 18 heavy (non-hydrogen) atoms. The monoisotopic (exact) mass is 293 g/mol. The number of nitrogens with zero attached hydrogens (tertiary/aromatic N) is 2. The lowest BCUT2D eigenvalue weighted by Crippen LogP contribution is -2.47. The number of aliphatic hydroxyl groups is 1. The van der Waals surface area contributed by atoms with Crippen LogP contribution in [0.5, 0.6) is 0 Å². The normalized spacial score (nSPS) is 13.2. The third-order valence-electron chi connectivity index (χ3n) is 2.39. The van der Waals surface area contributed by atoms with Crippen molar-refractivity contribution >= 4 is 21.5 Å². The SMILES string of the molecule is CN(CCCO)S(=O)(=O)NC(C)(C)c1nccs1. The molecule has 1 heterocycles. The fraction of sp³-hybridized carbons (Fsp3) is 0.700. The highest BCUT2D eigenvalue weighted by Crippen LogP contribution is 2.23. The van der Waals surface area contributed by atoms with Crippen molar-refractivity contribution in [3.05, 3.63) is 16.6 Å². The molecule has 0 amide bonds. The molecule has 0 unspecified atom stereocenters. The number of aliphatic hydroxyl groups excluding tert-OH is 1. The number of rotatable bonds is 7. The van der Waals surface area contributed by atoms with E-state index in [0.717, 1.165) is 0 Å². The Hall–Kier alpha value is -0.540. The van der Waals surface area contributed by atoms with E-state index < -0.39 is 15.7 Å². The van der Waals surface area contributed by atoms with Crippen LogP contribution in [0.1, 0.15) is 25.3 Å². The Morgan fingerprint density at radius 1 is 1.56 bits per heavy atom. The molecule has 0 saturated heterocycles. The van der Waals surface area contributed by atoms with Gasteiger partial charge in [0.05, 0.1) is 5.54 Å². The summed E-state index contributed by atoms with van der Waals surface area (Å²) in [7, 11) is -2.10. The van der Waals surface area contributed by atoms with Crippen LogP contribution < -0.4 is 4.72 Å². The molecule has 104 valence electrons. The smallest absolute Gasteiger partial charge is 0.280 e. The van der Waals surface area contributed by atoms with Crippen molar-refractivity contribution in [1.29, 1.82) is 0 Å². The lowest BCUT2D eigenvalue weighted by atomic mass is 10.1. The van der Waals surface area contributed by atoms with Crippen LogP contribution in [0.15, 0.2) is 11.6 Å². The second-order valence-corrected chi connectivity index (χ2v) is 7.14. The number of nitrogens with one attached hydrogen (secondary N) is 1. The van der Waals surface area contributed by atoms with E-state index in [9.17, 15) is 8.42 Å². The third-order valence-corrected chi connectivity index (χ3v) is 5.26. The van der Waals surface area contributed by atoms with E-state index in [-0.39, 0.29) is 13.2 Å². The lowest BCUT2D eigenvalue weighted by molar-refractivity contribution is 0.274. The summed E-state index contributed by atoms with van der Waals surface area (Å²) in [4.78, 5) is 4.13. The van der Waals surface area contributed by atoms with Crippen LogP contribution in [-0.4, -0.2) is 43.0 Å². The van der Waals surface area contributed by atoms with Gasteiger partial charge in [-0.15, -0.1) is 11.3 Å². The van der Waals surface area contributed by atoms with Gasteiger partial charge in [0.15, 0.2) is 0 Å². The maximum atomic E-state index is 12.1. The molecule has 2 N–H and O–H groups in total. The van der Waals surface area contributed by atoms with Crippen molar-refractivity contribution in [3.63, 3.8) is 0 Å². The van der Waals surface area contributed by atoms with Crippen molar-refractivity contribution in [1.82, 2.24) is 14.0 Å². The van der Waals surface area contributed by atoms with Crippen molar-refractivity contribution in [3.8, 4) is 0 Å². The van der Waals surface area contributed by atoms with Crippen LogP contribution in [0.3, 0.4) is 0 Å². The Labute approximate surface area is 112 Å². The predicted molar refractivity (Wildman–Crippen MR) is 71.5 cm³/mol. The Balaban J connectivity index is 2.76. The molecule has 6 nitrogen and oxygen atoms in total. The average Bonchev–Trinajstić information content (AvgIpc) is 2.78. The van der Waals surface area contributed by atoms with Gasteiger partial charge in [0.25, 0.3) is 10.2 Å². The zero-order valence-corrected chi connectivity index (χ0v) is 12.4. The van der Waals surface area contributed by atoms with E-state index >= 15 is 0 Å². The highest BCUT2D eigenvalue weighted by molar-refractivity contribution is 7.87. The number of aromatic nitrogens is 1. The Morgan fingerprint density at radius 3 is 2.72 bits per heavy atom. The highest BCUT2D eigenvalue weighted by Gasteiger charge is 2.31. The summed E-state index contributed by atoms with van der Waals surface area (Å²) in [6.07, 6.45) is 2.06. The first-order valence-electron chi connectivity index (χ1n) is 5.55. The van der Waals surface area contributed by atoms with Crippen LogP contribution in [-0.2, 0) is 15.7 Å². The zero-order valence-electron chi connectivity index (χ0n) is 10.8. The Morgan fingerprint density at radius 2 is 2.22 bits per heavy atom. The Kier molecular flexibility index (Phi) is 5.23. The van der Waals surface area contributed by atoms with Gasteiger partial charge in [-0.1, -0.05) is 0 Å². The van der Waals surface area contributed by atoms with Gasteiger partial charge in [0.2, 0.25) is 0 Å². The molecule has 0 radical (unpaired) electrons. The molecule has 0 bridgehead atoms. The molecule has 8 heteroatoms. The molecular weight excluding hydrogens is 274 g/mol. The maximum absolute atomic E-state index is 12.1. The van der Waals surface area contributed by atoms with Crippen molar-refractivity contribution < 1.29 is 13.5 Å². The van der Waals surface area contributed by atoms with Crippen LogP contribution in [0.25, 0.3) is 0 Å². The number of thiazole rings is 1. The summed E-state index contributed by atoms with van der Waals surface area (Å²) in [6, 6.07) is 0. The van der Waals surface area contributed by atoms with E-state index in [0.29, 0.717) is 11.4 Å². The van der Waals surface area contributed by atoms with Crippen molar-refractivity contribution in [2.75, 3.05) is 20.2 Å². The second-order valence-electron chi connectivity index (χ2n) is 4.47. The topological polar surface area (TPSA) is 82.5 Å².